The van der Waals surface area contributed by atoms with Crippen LogP contribution in [-0.4, -0.2) is 97.5 Å². The Bertz CT molecular complexity index is 1560. The Kier molecular flexibility index (Phi) is 48.2. The number of hydrogen-bond acceptors (Lipinski definition) is 11. The molecule has 12 nitrogen and oxygen atoms in total. The van der Waals surface area contributed by atoms with E-state index in [-0.39, 0.29) is 19.6 Å². The molecule has 6 atom stereocenters. The normalized spacial score (nSPS) is 19.2. The monoisotopic (exact) mass is 1060 g/mol. The van der Waals surface area contributed by atoms with Crippen LogP contribution in [0.2, 0.25) is 0 Å². The van der Waals surface area contributed by atoms with Crippen molar-refractivity contribution in [2.24, 2.45) is 0 Å². The summed E-state index contributed by atoms with van der Waals surface area (Å²) in [5.41, 5.74) is 0. The maximum absolute atomic E-state index is 12.9. The first-order valence-electron chi connectivity index (χ1n) is 29.7. The Morgan fingerprint density at radius 3 is 1.34 bits per heavy atom. The van der Waals surface area contributed by atoms with Crippen molar-refractivity contribution in [1.82, 2.24) is 0 Å². The van der Waals surface area contributed by atoms with Crippen molar-refractivity contribution in [3.8, 4) is 0 Å². The SMILES string of the molecule is CC/C=C\C/C=C\C/C=C\C/C=C\C/C=C\C/C=C\CCCCC(=O)OC(COCCCCCCCCCCCCCCCCCCCCCCCCCCCC)COC1OC(CO)C(O)C(OS(=O)(=O)O)C1O. The fraction of sp³-hybridized carbons (Fsp3) is 0.787. The van der Waals surface area contributed by atoms with Crippen LogP contribution in [0.25, 0.3) is 0 Å². The van der Waals surface area contributed by atoms with Gasteiger partial charge in [-0.2, -0.15) is 8.42 Å². The molecular weight excluding hydrogens is 957 g/mol. The summed E-state index contributed by atoms with van der Waals surface area (Å²) in [5, 5.41) is 30.8. The van der Waals surface area contributed by atoms with Crippen molar-refractivity contribution < 1.29 is 56.2 Å². The molecule has 0 spiro atoms. The summed E-state index contributed by atoms with van der Waals surface area (Å²) in [6.45, 7) is 3.86. The summed E-state index contributed by atoms with van der Waals surface area (Å²) < 4.78 is 59.4. The summed E-state index contributed by atoms with van der Waals surface area (Å²) >= 11 is 0. The van der Waals surface area contributed by atoms with Crippen LogP contribution in [0.4, 0.5) is 0 Å². The van der Waals surface area contributed by atoms with E-state index in [4.69, 9.17) is 18.9 Å². The molecule has 1 rings (SSSR count). The molecule has 1 heterocycles. The van der Waals surface area contributed by atoms with Gasteiger partial charge < -0.3 is 34.3 Å². The summed E-state index contributed by atoms with van der Waals surface area (Å²) in [4.78, 5) is 12.9. The first kappa shape index (κ1) is 69.6. The Balaban J connectivity index is 2.30. The van der Waals surface area contributed by atoms with Crippen molar-refractivity contribution in [2.75, 3.05) is 26.4 Å². The Labute approximate surface area is 451 Å². The predicted octanol–water partition coefficient (Wildman–Crippen LogP) is 15.0. The number of carbonyl (C=O) groups excluding carboxylic acids is 1. The van der Waals surface area contributed by atoms with Gasteiger partial charge >= 0.3 is 16.4 Å². The smallest absolute Gasteiger partial charge is 0.397 e. The highest BCUT2D eigenvalue weighted by Crippen LogP contribution is 2.26. The first-order chi connectivity index (χ1) is 36.1. The van der Waals surface area contributed by atoms with Gasteiger partial charge in [0, 0.05) is 13.0 Å². The number of unbranched alkanes of at least 4 members (excludes halogenated alkanes) is 27. The van der Waals surface area contributed by atoms with Crippen molar-refractivity contribution in [3.63, 3.8) is 0 Å². The number of aliphatic hydroxyl groups excluding tert-OH is 3. The Morgan fingerprint density at radius 1 is 0.527 bits per heavy atom. The molecule has 0 aromatic carbocycles. The number of esters is 1. The second-order valence-corrected chi connectivity index (χ2v) is 21.3. The summed E-state index contributed by atoms with van der Waals surface area (Å²) in [7, 11) is -5.08. The molecule has 1 aliphatic heterocycles. The van der Waals surface area contributed by atoms with Gasteiger partial charge in [-0.25, -0.2) is 4.18 Å². The Morgan fingerprint density at radius 2 is 0.932 bits per heavy atom. The van der Waals surface area contributed by atoms with E-state index < -0.39 is 59.8 Å². The molecule has 0 amide bonds. The lowest BCUT2D eigenvalue weighted by Gasteiger charge is -2.41. The highest BCUT2D eigenvalue weighted by Gasteiger charge is 2.48. The van der Waals surface area contributed by atoms with Gasteiger partial charge in [0.05, 0.1) is 19.8 Å². The van der Waals surface area contributed by atoms with Gasteiger partial charge in [0.25, 0.3) is 0 Å². The van der Waals surface area contributed by atoms with Crippen LogP contribution in [0, 0.1) is 0 Å². The lowest BCUT2D eigenvalue weighted by molar-refractivity contribution is -0.301. The van der Waals surface area contributed by atoms with Crippen LogP contribution in [-0.2, 0) is 38.3 Å². The van der Waals surface area contributed by atoms with Gasteiger partial charge in [0.15, 0.2) is 6.29 Å². The number of allylic oxidation sites excluding steroid dienone is 12. The maximum Gasteiger partial charge on any atom is 0.397 e. The minimum absolute atomic E-state index is 0.0174. The van der Waals surface area contributed by atoms with E-state index in [1.807, 2.05) is 0 Å². The molecule has 6 unspecified atom stereocenters. The lowest BCUT2D eigenvalue weighted by atomic mass is 9.99. The van der Waals surface area contributed by atoms with Crippen molar-refractivity contribution in [1.29, 1.82) is 0 Å². The highest BCUT2D eigenvalue weighted by molar-refractivity contribution is 7.80. The van der Waals surface area contributed by atoms with E-state index in [0.717, 1.165) is 70.6 Å². The third-order valence-corrected chi connectivity index (χ3v) is 13.8. The van der Waals surface area contributed by atoms with E-state index >= 15 is 0 Å². The average molecular weight is 1070 g/mol. The minimum atomic E-state index is -5.08. The van der Waals surface area contributed by atoms with Crippen molar-refractivity contribution in [2.45, 2.75) is 282 Å². The minimum Gasteiger partial charge on any atom is -0.457 e. The van der Waals surface area contributed by atoms with E-state index in [1.165, 1.54) is 148 Å². The van der Waals surface area contributed by atoms with Crippen molar-refractivity contribution in [3.05, 3.63) is 72.9 Å². The topological polar surface area (TPSA) is 178 Å². The fourth-order valence-electron chi connectivity index (χ4n) is 8.91. The predicted molar refractivity (Wildman–Crippen MR) is 303 cm³/mol. The van der Waals surface area contributed by atoms with Gasteiger partial charge in [0.2, 0.25) is 0 Å². The molecule has 0 saturated carbocycles. The molecular formula is C61H108O12S. The molecule has 0 aromatic rings. The van der Waals surface area contributed by atoms with Gasteiger partial charge in [0.1, 0.15) is 30.5 Å². The molecule has 0 bridgehead atoms. The lowest BCUT2D eigenvalue weighted by Crippen LogP contribution is -2.60. The third kappa shape index (κ3) is 43.6. The molecule has 430 valence electrons. The van der Waals surface area contributed by atoms with Gasteiger partial charge in [-0.3, -0.25) is 9.35 Å². The van der Waals surface area contributed by atoms with Crippen LogP contribution < -0.4 is 0 Å². The largest absolute Gasteiger partial charge is 0.457 e. The molecule has 13 heteroatoms. The molecule has 1 fully saturated rings. The zero-order chi connectivity index (χ0) is 53.8. The van der Waals surface area contributed by atoms with Crippen LogP contribution >= 0.6 is 0 Å². The number of carbonyl (C=O) groups is 1. The van der Waals surface area contributed by atoms with E-state index in [9.17, 15) is 33.1 Å². The first-order valence-corrected chi connectivity index (χ1v) is 31.1. The van der Waals surface area contributed by atoms with Crippen LogP contribution in [0.3, 0.4) is 0 Å². The highest BCUT2D eigenvalue weighted by atomic mass is 32.3. The zero-order valence-corrected chi connectivity index (χ0v) is 47.5. The second kappa shape index (κ2) is 51.3. The molecule has 0 radical (unpaired) electrons. The molecule has 1 aliphatic rings. The zero-order valence-electron chi connectivity index (χ0n) is 46.6. The standard InChI is InChI=1S/C61H108O12S/c1-3-5-7-9-11-13-15-17-19-21-23-25-26-27-28-29-31-33-35-37-39-41-43-45-47-49-51-69-53-55(54-70-61-59(65)60(73-74(66,67)68)58(64)56(52-62)72-61)71-57(63)50-48-46-44-42-40-38-36-34-32-30-24-22-20-18-16-14-12-10-8-6-4-2/h6,8,12,14,18,20,24,30,34,36,40,42,55-56,58-62,64-65H,3-5,7,9-11,13,15-17,19,21-23,25-29,31-33,35,37-39,41,43-54H2,1-2H3,(H,66,67,68)/b8-6-,14-12-,20-18-,30-24-,36-34-,42-40-. The number of ether oxygens (including phenoxy) is 4. The van der Waals surface area contributed by atoms with Crippen LogP contribution in [0.1, 0.15) is 245 Å². The second-order valence-electron chi connectivity index (χ2n) is 20.2. The summed E-state index contributed by atoms with van der Waals surface area (Å²) in [6, 6.07) is 0. The number of hydrogen-bond donors (Lipinski definition) is 4. The molecule has 1 saturated heterocycles. The van der Waals surface area contributed by atoms with E-state index in [2.05, 4.69) is 90.9 Å². The van der Waals surface area contributed by atoms with Crippen LogP contribution in [0.15, 0.2) is 72.9 Å². The fourth-order valence-corrected chi connectivity index (χ4v) is 9.42. The van der Waals surface area contributed by atoms with E-state index in [1.54, 1.807) is 0 Å². The van der Waals surface area contributed by atoms with Crippen LogP contribution in [0.5, 0.6) is 0 Å². The molecule has 0 aromatic heterocycles. The van der Waals surface area contributed by atoms with Gasteiger partial charge in [-0.1, -0.05) is 247 Å². The summed E-state index contributed by atoms with van der Waals surface area (Å²) in [6.07, 6.45) is 59.5. The van der Waals surface area contributed by atoms with Gasteiger partial charge in [-0.15, -0.1) is 0 Å². The quantitative estimate of drug-likeness (QED) is 0.0196. The molecule has 4 N–H and O–H groups in total. The average Bonchev–Trinajstić information content (AvgIpc) is 3.38. The molecule has 0 aliphatic carbocycles. The number of rotatable bonds is 52. The maximum atomic E-state index is 12.9. The van der Waals surface area contributed by atoms with E-state index in [0.29, 0.717) is 13.0 Å². The van der Waals surface area contributed by atoms with Gasteiger partial charge in [-0.05, 0) is 64.2 Å². The third-order valence-electron chi connectivity index (χ3n) is 13.3. The number of aliphatic hydroxyl groups is 3. The summed E-state index contributed by atoms with van der Waals surface area (Å²) in [5.74, 6) is -0.438. The molecule has 74 heavy (non-hydrogen) atoms. The Hall–Kier alpha value is -2.46. The van der Waals surface area contributed by atoms with Crippen molar-refractivity contribution >= 4 is 16.4 Å².